The molecule has 0 fully saturated rings. The van der Waals surface area contributed by atoms with Gasteiger partial charge in [-0.25, -0.2) is 0 Å². The Morgan fingerprint density at radius 1 is 0.345 bits per heavy atom. The smallest absolute Gasteiger partial charge is 0.150 e. The Kier molecular flexibility index (Phi) is 12.3. The molecular formula is C54H48O2P2. The molecule has 0 aliphatic carbocycles. The van der Waals surface area contributed by atoms with Gasteiger partial charge in [0.05, 0.1) is 0 Å². The van der Waals surface area contributed by atoms with Crippen LogP contribution in [0.3, 0.4) is 0 Å². The molecule has 2 nitrogen and oxygen atoms in total. The first-order chi connectivity index (χ1) is 28.4. The van der Waals surface area contributed by atoms with Gasteiger partial charge in [-0.15, -0.1) is 0 Å². The Hall–Kier alpha value is -5.78. The zero-order valence-corrected chi connectivity index (χ0v) is 35.4. The molecule has 0 aliphatic heterocycles. The van der Waals surface area contributed by atoms with E-state index in [-0.39, 0.29) is 0 Å². The van der Waals surface area contributed by atoms with Crippen molar-refractivity contribution in [2.24, 2.45) is 0 Å². The van der Waals surface area contributed by atoms with Crippen LogP contribution in [0.4, 0.5) is 0 Å². The molecule has 286 valence electrons. The van der Waals surface area contributed by atoms with Gasteiger partial charge < -0.3 is 9.05 Å². The average molecular weight is 791 g/mol. The van der Waals surface area contributed by atoms with Gasteiger partial charge >= 0.3 is 0 Å². The van der Waals surface area contributed by atoms with Crippen LogP contribution < -0.4 is 30.3 Å². The zero-order valence-electron chi connectivity index (χ0n) is 33.6. The highest BCUT2D eigenvalue weighted by molar-refractivity contribution is 7.69. The molecular weight excluding hydrogens is 743 g/mol. The van der Waals surface area contributed by atoms with Gasteiger partial charge in [0, 0.05) is 45.2 Å². The summed E-state index contributed by atoms with van der Waals surface area (Å²) in [5, 5.41) is 4.66. The molecule has 0 unspecified atom stereocenters. The van der Waals surface area contributed by atoms with Crippen LogP contribution in [-0.4, -0.2) is 0 Å². The first kappa shape index (κ1) is 39.1. The van der Waals surface area contributed by atoms with Crippen molar-refractivity contribution < 1.29 is 9.05 Å². The summed E-state index contributed by atoms with van der Waals surface area (Å²) < 4.78 is 15.4. The SMILES string of the molecule is Cc1cc(Cc2ccccc2)c(OP(c2ccccc2)c2ccccc2)c(-c2c(C)c(C)cc(Cc3ccccc3)c2OP(c2ccccc2)c2ccccc2)c1C. The van der Waals surface area contributed by atoms with Crippen LogP contribution in [0.1, 0.15) is 44.5 Å². The molecule has 0 saturated heterocycles. The third kappa shape index (κ3) is 8.71. The molecule has 0 bridgehead atoms. The van der Waals surface area contributed by atoms with Gasteiger partial charge in [-0.3, -0.25) is 0 Å². The monoisotopic (exact) mass is 790 g/mol. The summed E-state index contributed by atoms with van der Waals surface area (Å²) in [6.45, 7) is 9.00. The molecule has 0 spiro atoms. The van der Waals surface area contributed by atoms with E-state index < -0.39 is 16.3 Å². The minimum absolute atomic E-state index is 0.732. The van der Waals surface area contributed by atoms with E-state index in [0.717, 1.165) is 67.8 Å². The summed E-state index contributed by atoms with van der Waals surface area (Å²) in [7, 11) is -2.49. The minimum atomic E-state index is -1.25. The van der Waals surface area contributed by atoms with Gasteiger partial charge in [0.25, 0.3) is 0 Å². The quantitative estimate of drug-likeness (QED) is 0.108. The molecule has 0 aliphatic rings. The van der Waals surface area contributed by atoms with Crippen LogP contribution in [-0.2, 0) is 12.8 Å². The van der Waals surface area contributed by atoms with Gasteiger partial charge in [0.1, 0.15) is 11.5 Å². The maximum atomic E-state index is 7.71. The lowest BCUT2D eigenvalue weighted by Crippen LogP contribution is -2.18. The fourth-order valence-corrected chi connectivity index (χ4v) is 11.1. The summed E-state index contributed by atoms with van der Waals surface area (Å²) in [5.41, 5.74) is 11.8. The lowest BCUT2D eigenvalue weighted by Gasteiger charge is -2.30. The lowest BCUT2D eigenvalue weighted by atomic mass is 9.85. The summed E-state index contributed by atoms with van der Waals surface area (Å²) in [6.07, 6.45) is 1.46. The first-order valence-corrected chi connectivity index (χ1v) is 22.5. The predicted octanol–water partition coefficient (Wildman–Crippen LogP) is 12.6. The fourth-order valence-electron chi connectivity index (χ4n) is 7.58. The van der Waals surface area contributed by atoms with Gasteiger partial charge in [-0.1, -0.05) is 194 Å². The molecule has 4 heteroatoms. The van der Waals surface area contributed by atoms with Crippen LogP contribution in [0.15, 0.2) is 194 Å². The van der Waals surface area contributed by atoms with Crippen LogP contribution in [0.5, 0.6) is 11.5 Å². The van der Waals surface area contributed by atoms with Crippen LogP contribution in [0, 0.1) is 27.7 Å². The van der Waals surface area contributed by atoms with E-state index in [1.807, 2.05) is 0 Å². The molecule has 8 rings (SSSR count). The third-order valence-corrected chi connectivity index (χ3v) is 14.6. The van der Waals surface area contributed by atoms with Crippen LogP contribution in [0.2, 0.25) is 0 Å². The fraction of sp³-hybridized carbons (Fsp3) is 0.111. The van der Waals surface area contributed by atoms with E-state index in [0.29, 0.717) is 0 Å². The third-order valence-electron chi connectivity index (χ3n) is 10.8. The largest absolute Gasteiger partial charge is 0.464 e. The number of rotatable bonds is 13. The normalized spacial score (nSPS) is 11.2. The topological polar surface area (TPSA) is 18.5 Å². The standard InChI is InChI=1S/C54H48O2P2/c1-39-35-45(37-43-23-11-5-12-24-43)53(55-57(47-27-15-7-16-28-47)48-29-17-8-18-30-48)51(41(39)3)52-42(4)40(2)36-46(38-44-25-13-6-14-26-44)54(52)56-58(49-31-19-9-20-32-49)50-33-21-10-22-34-50/h5-36H,37-38H2,1-4H3. The van der Waals surface area contributed by atoms with Crippen LogP contribution in [0.25, 0.3) is 11.1 Å². The number of benzene rings is 8. The van der Waals surface area contributed by atoms with Crippen molar-refractivity contribution in [1.29, 1.82) is 0 Å². The lowest BCUT2D eigenvalue weighted by molar-refractivity contribution is 0.611. The minimum Gasteiger partial charge on any atom is -0.464 e. The number of hydrogen-bond acceptors (Lipinski definition) is 2. The summed E-state index contributed by atoms with van der Waals surface area (Å²) >= 11 is 0. The summed E-state index contributed by atoms with van der Waals surface area (Å²) in [6, 6.07) is 69.1. The van der Waals surface area contributed by atoms with E-state index in [1.165, 1.54) is 33.4 Å². The van der Waals surface area contributed by atoms with Crippen molar-refractivity contribution in [2.75, 3.05) is 0 Å². The molecule has 8 aromatic rings. The Labute approximate surface area is 346 Å². The molecule has 0 radical (unpaired) electrons. The van der Waals surface area contributed by atoms with Crippen molar-refractivity contribution in [3.05, 3.63) is 239 Å². The van der Waals surface area contributed by atoms with E-state index in [2.05, 4.69) is 222 Å². The van der Waals surface area contributed by atoms with Gasteiger partial charge in [-0.2, -0.15) is 0 Å². The molecule has 0 saturated carbocycles. The van der Waals surface area contributed by atoms with E-state index in [9.17, 15) is 0 Å². The summed E-state index contributed by atoms with van der Waals surface area (Å²) in [4.78, 5) is 0. The van der Waals surface area contributed by atoms with E-state index in [1.54, 1.807) is 0 Å². The van der Waals surface area contributed by atoms with Crippen molar-refractivity contribution in [1.82, 2.24) is 0 Å². The van der Waals surface area contributed by atoms with Crippen LogP contribution >= 0.6 is 16.3 Å². The highest BCUT2D eigenvalue weighted by Crippen LogP contribution is 2.53. The highest BCUT2D eigenvalue weighted by Gasteiger charge is 2.30. The maximum Gasteiger partial charge on any atom is 0.150 e. The van der Waals surface area contributed by atoms with Gasteiger partial charge in [-0.05, 0) is 72.2 Å². The molecule has 8 aromatic carbocycles. The van der Waals surface area contributed by atoms with Crippen molar-refractivity contribution in [3.8, 4) is 22.6 Å². The van der Waals surface area contributed by atoms with Crippen molar-refractivity contribution in [3.63, 3.8) is 0 Å². The maximum absolute atomic E-state index is 7.71. The van der Waals surface area contributed by atoms with Gasteiger partial charge in [0.2, 0.25) is 0 Å². The molecule has 0 amide bonds. The Morgan fingerprint density at radius 3 is 0.879 bits per heavy atom. The number of hydrogen-bond donors (Lipinski definition) is 0. The molecule has 0 atom stereocenters. The number of aryl methyl sites for hydroxylation is 2. The Balaban J connectivity index is 1.43. The van der Waals surface area contributed by atoms with Gasteiger partial charge in [0.15, 0.2) is 16.3 Å². The first-order valence-electron chi connectivity index (χ1n) is 20.0. The predicted molar refractivity (Wildman–Crippen MR) is 249 cm³/mol. The molecule has 58 heavy (non-hydrogen) atoms. The van der Waals surface area contributed by atoms with Crippen molar-refractivity contribution in [2.45, 2.75) is 40.5 Å². The zero-order chi connectivity index (χ0) is 39.8. The highest BCUT2D eigenvalue weighted by atomic mass is 31.1. The molecule has 0 heterocycles. The second-order valence-electron chi connectivity index (χ2n) is 14.8. The average Bonchev–Trinajstić information content (AvgIpc) is 3.27. The van der Waals surface area contributed by atoms with E-state index >= 15 is 0 Å². The second-order valence-corrected chi connectivity index (χ2v) is 18.4. The van der Waals surface area contributed by atoms with Crippen molar-refractivity contribution >= 4 is 37.5 Å². The molecule has 0 N–H and O–H groups in total. The Bertz CT molecular complexity index is 2320. The molecule has 0 aromatic heterocycles. The van der Waals surface area contributed by atoms with E-state index in [4.69, 9.17) is 9.05 Å². The summed E-state index contributed by atoms with van der Waals surface area (Å²) in [5.74, 6) is 1.83. The second kappa shape index (κ2) is 18.2. The Morgan fingerprint density at radius 2 is 0.603 bits per heavy atom.